The first-order chi connectivity index (χ1) is 10.7. The molecule has 1 heterocycles. The summed E-state index contributed by atoms with van der Waals surface area (Å²) in [6.07, 6.45) is 0. The minimum atomic E-state index is -4.01. The number of rotatable bonds is 3. The van der Waals surface area contributed by atoms with Crippen LogP contribution in [0.25, 0.3) is 0 Å². The van der Waals surface area contributed by atoms with Crippen molar-refractivity contribution in [3.8, 4) is 0 Å². The predicted octanol–water partition coefficient (Wildman–Crippen LogP) is 0.908. The van der Waals surface area contributed by atoms with Crippen LogP contribution in [0.2, 0.25) is 0 Å². The Balaban J connectivity index is 2.19. The standard InChI is InChI=1S/C14H16N4O4S/c1-9-4-6-11(7-5-9)23(21,22)17-14(20)16-13-15-10(2)8-12(19)18(13)3/h4-8H,1-3H3,(H2,15,16,17,20). The van der Waals surface area contributed by atoms with Gasteiger partial charge in [0, 0.05) is 18.8 Å². The second-order valence-corrected chi connectivity index (χ2v) is 6.67. The van der Waals surface area contributed by atoms with Crippen molar-refractivity contribution in [1.29, 1.82) is 0 Å². The number of aryl methyl sites for hydroxylation is 2. The molecule has 2 N–H and O–H groups in total. The molecule has 0 aliphatic rings. The van der Waals surface area contributed by atoms with Gasteiger partial charge in [-0.15, -0.1) is 0 Å². The van der Waals surface area contributed by atoms with Gasteiger partial charge in [-0.3, -0.25) is 14.7 Å². The van der Waals surface area contributed by atoms with E-state index in [-0.39, 0.29) is 16.4 Å². The van der Waals surface area contributed by atoms with Crippen LogP contribution in [0.15, 0.2) is 40.0 Å². The number of hydrogen-bond donors (Lipinski definition) is 2. The zero-order valence-corrected chi connectivity index (χ0v) is 13.6. The molecule has 0 radical (unpaired) electrons. The topological polar surface area (TPSA) is 110 Å². The Morgan fingerprint density at radius 2 is 1.78 bits per heavy atom. The third-order valence-corrected chi connectivity index (χ3v) is 4.39. The first-order valence-electron chi connectivity index (χ1n) is 6.64. The van der Waals surface area contributed by atoms with Crippen LogP contribution in [0.4, 0.5) is 10.7 Å². The number of nitrogens with zero attached hydrogens (tertiary/aromatic N) is 2. The molecule has 2 aromatic rings. The van der Waals surface area contributed by atoms with Gasteiger partial charge in [0.1, 0.15) is 0 Å². The highest BCUT2D eigenvalue weighted by atomic mass is 32.2. The number of carbonyl (C=O) groups is 1. The number of anilines is 1. The number of urea groups is 1. The van der Waals surface area contributed by atoms with E-state index in [2.05, 4.69) is 10.3 Å². The first kappa shape index (κ1) is 16.7. The van der Waals surface area contributed by atoms with Gasteiger partial charge in [-0.2, -0.15) is 0 Å². The Morgan fingerprint density at radius 3 is 2.39 bits per heavy atom. The number of aromatic nitrogens is 2. The maximum atomic E-state index is 12.1. The lowest BCUT2D eigenvalue weighted by Gasteiger charge is -2.11. The van der Waals surface area contributed by atoms with Crippen molar-refractivity contribution in [3.05, 3.63) is 51.9 Å². The van der Waals surface area contributed by atoms with Crippen LogP contribution in [0.3, 0.4) is 0 Å². The molecule has 2 rings (SSSR count). The van der Waals surface area contributed by atoms with E-state index >= 15 is 0 Å². The molecule has 0 atom stereocenters. The van der Waals surface area contributed by atoms with E-state index in [0.717, 1.165) is 10.1 Å². The van der Waals surface area contributed by atoms with Crippen molar-refractivity contribution in [3.63, 3.8) is 0 Å². The molecule has 9 heteroatoms. The van der Waals surface area contributed by atoms with Crippen molar-refractivity contribution in [1.82, 2.24) is 14.3 Å². The summed E-state index contributed by atoms with van der Waals surface area (Å²) in [5, 5.41) is 2.25. The van der Waals surface area contributed by atoms with Gasteiger partial charge >= 0.3 is 6.03 Å². The third kappa shape index (κ3) is 3.95. The van der Waals surface area contributed by atoms with Crippen LogP contribution in [0.1, 0.15) is 11.3 Å². The lowest BCUT2D eigenvalue weighted by atomic mass is 10.2. The number of hydrogen-bond acceptors (Lipinski definition) is 5. The number of sulfonamides is 1. The summed E-state index contributed by atoms with van der Waals surface area (Å²) in [4.78, 5) is 27.4. The molecule has 0 fully saturated rings. The zero-order valence-electron chi connectivity index (χ0n) is 12.8. The molecular formula is C14H16N4O4S. The summed E-state index contributed by atoms with van der Waals surface area (Å²) >= 11 is 0. The van der Waals surface area contributed by atoms with Gasteiger partial charge < -0.3 is 0 Å². The monoisotopic (exact) mass is 336 g/mol. The molecule has 0 saturated heterocycles. The molecule has 0 bridgehead atoms. The van der Waals surface area contributed by atoms with Crippen molar-refractivity contribution in [2.45, 2.75) is 18.7 Å². The Labute approximate surface area is 133 Å². The Hall–Kier alpha value is -2.68. The van der Waals surface area contributed by atoms with Crippen LogP contribution in [0, 0.1) is 13.8 Å². The van der Waals surface area contributed by atoms with Gasteiger partial charge in [0.05, 0.1) is 4.90 Å². The summed E-state index contributed by atoms with van der Waals surface area (Å²) in [5.41, 5.74) is 0.936. The summed E-state index contributed by atoms with van der Waals surface area (Å²) in [6, 6.07) is 6.33. The Bertz CT molecular complexity index is 901. The molecule has 23 heavy (non-hydrogen) atoms. The molecule has 0 aliphatic heterocycles. The molecule has 1 aromatic heterocycles. The van der Waals surface area contributed by atoms with Gasteiger partial charge in [0.15, 0.2) is 0 Å². The van der Waals surface area contributed by atoms with E-state index < -0.39 is 16.1 Å². The molecule has 8 nitrogen and oxygen atoms in total. The first-order valence-corrected chi connectivity index (χ1v) is 8.12. The Kier molecular flexibility index (Phi) is 4.50. The van der Waals surface area contributed by atoms with E-state index in [4.69, 9.17) is 0 Å². The molecule has 0 aliphatic carbocycles. The molecular weight excluding hydrogens is 320 g/mol. The minimum Gasteiger partial charge on any atom is -0.282 e. The maximum Gasteiger partial charge on any atom is 0.335 e. The van der Waals surface area contributed by atoms with E-state index in [9.17, 15) is 18.0 Å². The predicted molar refractivity (Wildman–Crippen MR) is 84.7 cm³/mol. The number of nitrogens with one attached hydrogen (secondary N) is 2. The van der Waals surface area contributed by atoms with Crippen molar-refractivity contribution < 1.29 is 13.2 Å². The van der Waals surface area contributed by atoms with Gasteiger partial charge in [-0.1, -0.05) is 17.7 Å². The minimum absolute atomic E-state index is 0.0376. The second kappa shape index (κ2) is 6.21. The zero-order chi connectivity index (χ0) is 17.2. The van der Waals surface area contributed by atoms with Crippen molar-refractivity contribution >= 4 is 22.0 Å². The van der Waals surface area contributed by atoms with Gasteiger partial charge in [-0.05, 0) is 26.0 Å². The number of amides is 2. The van der Waals surface area contributed by atoms with Crippen LogP contribution >= 0.6 is 0 Å². The van der Waals surface area contributed by atoms with E-state index in [1.54, 1.807) is 19.1 Å². The second-order valence-electron chi connectivity index (χ2n) is 4.99. The summed E-state index contributed by atoms with van der Waals surface area (Å²) in [6.45, 7) is 3.41. The van der Waals surface area contributed by atoms with Crippen LogP contribution < -0.4 is 15.6 Å². The molecule has 122 valence electrons. The Morgan fingerprint density at radius 1 is 1.17 bits per heavy atom. The van der Waals surface area contributed by atoms with E-state index in [0.29, 0.717) is 5.69 Å². The van der Waals surface area contributed by atoms with Crippen LogP contribution in [-0.4, -0.2) is 24.0 Å². The van der Waals surface area contributed by atoms with E-state index in [1.807, 2.05) is 11.6 Å². The van der Waals surface area contributed by atoms with Gasteiger partial charge in [0.2, 0.25) is 5.95 Å². The summed E-state index contributed by atoms with van der Waals surface area (Å²) < 4.78 is 27.2. The largest absolute Gasteiger partial charge is 0.335 e. The molecule has 2 amide bonds. The average Bonchev–Trinajstić information content (AvgIpc) is 2.44. The lowest BCUT2D eigenvalue weighted by molar-refractivity contribution is 0.256. The highest BCUT2D eigenvalue weighted by Gasteiger charge is 2.18. The molecule has 0 saturated carbocycles. The van der Waals surface area contributed by atoms with Gasteiger partial charge in [-0.25, -0.2) is 22.9 Å². The van der Waals surface area contributed by atoms with Crippen molar-refractivity contribution in [2.24, 2.45) is 7.05 Å². The molecule has 0 spiro atoms. The van der Waals surface area contributed by atoms with Gasteiger partial charge in [0.25, 0.3) is 15.6 Å². The fraction of sp³-hybridized carbons (Fsp3) is 0.214. The van der Waals surface area contributed by atoms with Crippen LogP contribution in [-0.2, 0) is 17.1 Å². The fourth-order valence-corrected chi connectivity index (χ4v) is 2.70. The maximum absolute atomic E-state index is 12.1. The summed E-state index contributed by atoms with van der Waals surface area (Å²) in [5.74, 6) is -0.0494. The smallest absolute Gasteiger partial charge is 0.282 e. The number of carbonyl (C=O) groups excluding carboxylic acids is 1. The normalized spacial score (nSPS) is 11.1. The molecule has 0 unspecified atom stereocenters. The third-order valence-electron chi connectivity index (χ3n) is 3.05. The molecule has 1 aromatic carbocycles. The summed E-state index contributed by atoms with van der Waals surface area (Å²) in [7, 11) is -2.59. The highest BCUT2D eigenvalue weighted by Crippen LogP contribution is 2.10. The van der Waals surface area contributed by atoms with E-state index in [1.165, 1.54) is 25.2 Å². The number of benzene rings is 1. The average molecular weight is 336 g/mol. The SMILES string of the molecule is Cc1ccc(S(=O)(=O)NC(=O)Nc2nc(C)cc(=O)n2C)cc1. The van der Waals surface area contributed by atoms with Crippen molar-refractivity contribution in [2.75, 3.05) is 5.32 Å². The van der Waals surface area contributed by atoms with Crippen LogP contribution in [0.5, 0.6) is 0 Å². The fourth-order valence-electron chi connectivity index (χ4n) is 1.79. The lowest BCUT2D eigenvalue weighted by Crippen LogP contribution is -2.36. The quantitative estimate of drug-likeness (QED) is 0.865. The highest BCUT2D eigenvalue weighted by molar-refractivity contribution is 7.90.